The van der Waals surface area contributed by atoms with Gasteiger partial charge in [-0.25, -0.2) is 8.42 Å². The van der Waals surface area contributed by atoms with E-state index in [4.69, 9.17) is 0 Å². The molecule has 0 radical (unpaired) electrons. The van der Waals surface area contributed by atoms with E-state index in [1.807, 2.05) is 14.0 Å². The zero-order valence-electron chi connectivity index (χ0n) is 13.1. The Morgan fingerprint density at radius 3 is 2.86 bits per heavy atom. The lowest BCUT2D eigenvalue weighted by molar-refractivity contribution is 0.218. The quantitative estimate of drug-likeness (QED) is 0.804. The van der Waals surface area contributed by atoms with Crippen LogP contribution in [-0.2, 0) is 16.6 Å². The van der Waals surface area contributed by atoms with Crippen LogP contribution in [0.1, 0.15) is 33.1 Å². The summed E-state index contributed by atoms with van der Waals surface area (Å²) in [5, 5.41) is 7.25. The zero-order chi connectivity index (χ0) is 15.5. The molecule has 2 atom stereocenters. The number of rotatable bonds is 6. The molecule has 6 nitrogen and oxygen atoms in total. The predicted molar refractivity (Wildman–Crippen MR) is 82.5 cm³/mol. The Hall–Kier alpha value is -0.920. The summed E-state index contributed by atoms with van der Waals surface area (Å²) in [5.41, 5.74) is 0. The van der Waals surface area contributed by atoms with E-state index < -0.39 is 10.0 Å². The fourth-order valence-electron chi connectivity index (χ4n) is 2.74. The molecule has 1 aliphatic heterocycles. The van der Waals surface area contributed by atoms with E-state index in [0.29, 0.717) is 17.4 Å². The van der Waals surface area contributed by atoms with Gasteiger partial charge in [0.05, 0.1) is 6.20 Å². The van der Waals surface area contributed by atoms with Crippen LogP contribution in [0, 0.1) is 5.92 Å². The molecule has 2 unspecified atom stereocenters. The molecule has 0 spiro atoms. The largest absolute Gasteiger partial charge is 0.320 e. The Labute approximate surface area is 127 Å². The molecule has 120 valence electrons. The summed E-state index contributed by atoms with van der Waals surface area (Å²) >= 11 is 0. The molecular weight excluding hydrogens is 288 g/mol. The average Bonchev–Trinajstić information content (AvgIpc) is 2.91. The molecule has 7 heteroatoms. The molecule has 2 rings (SSSR count). The topological polar surface area (TPSA) is 67.2 Å². The first-order valence-corrected chi connectivity index (χ1v) is 9.08. The lowest BCUT2D eigenvalue weighted by Crippen LogP contribution is -2.44. The first-order chi connectivity index (χ1) is 9.95. The summed E-state index contributed by atoms with van der Waals surface area (Å²) in [7, 11) is -1.52. The third-order valence-electron chi connectivity index (χ3n) is 4.09. The van der Waals surface area contributed by atoms with Crippen molar-refractivity contribution < 1.29 is 8.42 Å². The normalized spacial score (nSPS) is 24.3. The highest BCUT2D eigenvalue weighted by atomic mass is 32.2. The van der Waals surface area contributed by atoms with E-state index in [-0.39, 0.29) is 6.04 Å². The van der Waals surface area contributed by atoms with Crippen LogP contribution >= 0.6 is 0 Å². The Balaban J connectivity index is 2.11. The van der Waals surface area contributed by atoms with Crippen molar-refractivity contribution in [3.63, 3.8) is 0 Å². The van der Waals surface area contributed by atoms with Gasteiger partial charge in [0.2, 0.25) is 10.0 Å². The van der Waals surface area contributed by atoms with Gasteiger partial charge in [-0.15, -0.1) is 0 Å². The number of piperidine rings is 1. The van der Waals surface area contributed by atoms with Crippen molar-refractivity contribution in [2.24, 2.45) is 5.92 Å². The van der Waals surface area contributed by atoms with Crippen molar-refractivity contribution in [1.82, 2.24) is 19.4 Å². The van der Waals surface area contributed by atoms with Crippen LogP contribution < -0.4 is 5.32 Å². The molecule has 1 saturated heterocycles. The average molecular weight is 314 g/mol. The summed E-state index contributed by atoms with van der Waals surface area (Å²) < 4.78 is 28.8. The van der Waals surface area contributed by atoms with Gasteiger partial charge in [0, 0.05) is 25.3 Å². The minimum atomic E-state index is -3.42. The maximum atomic E-state index is 12.7. The number of nitrogens with zero attached hydrogens (tertiary/aromatic N) is 3. The summed E-state index contributed by atoms with van der Waals surface area (Å²) in [6.07, 6.45) is 6.07. The molecule has 1 aliphatic rings. The maximum Gasteiger partial charge on any atom is 0.246 e. The van der Waals surface area contributed by atoms with E-state index in [0.717, 1.165) is 32.4 Å². The monoisotopic (exact) mass is 314 g/mol. The smallest absolute Gasteiger partial charge is 0.246 e. The van der Waals surface area contributed by atoms with Crippen LogP contribution in [0.15, 0.2) is 17.3 Å². The highest BCUT2D eigenvalue weighted by molar-refractivity contribution is 7.89. The SMILES string of the molecule is CNCCCn1cc(S(=O)(=O)N2CC(C)CCC2C)cn1. The molecular formula is C14H26N4O2S. The Morgan fingerprint density at radius 2 is 2.14 bits per heavy atom. The van der Waals surface area contributed by atoms with Crippen molar-refractivity contribution >= 4 is 10.0 Å². The van der Waals surface area contributed by atoms with Crippen molar-refractivity contribution in [3.05, 3.63) is 12.4 Å². The number of hydrogen-bond acceptors (Lipinski definition) is 4. The zero-order valence-corrected chi connectivity index (χ0v) is 13.9. The van der Waals surface area contributed by atoms with Gasteiger partial charge in [0.25, 0.3) is 0 Å². The van der Waals surface area contributed by atoms with Crippen LogP contribution in [0.2, 0.25) is 0 Å². The number of hydrogen-bond donors (Lipinski definition) is 1. The van der Waals surface area contributed by atoms with Crippen LogP contribution in [0.5, 0.6) is 0 Å². The van der Waals surface area contributed by atoms with Crippen molar-refractivity contribution in [2.45, 2.75) is 50.6 Å². The third-order valence-corrected chi connectivity index (χ3v) is 6.02. The van der Waals surface area contributed by atoms with Gasteiger partial charge >= 0.3 is 0 Å². The molecule has 21 heavy (non-hydrogen) atoms. The van der Waals surface area contributed by atoms with Gasteiger partial charge < -0.3 is 5.32 Å². The number of nitrogens with one attached hydrogen (secondary N) is 1. The van der Waals surface area contributed by atoms with E-state index >= 15 is 0 Å². The Bertz CT molecular complexity index is 555. The molecule has 0 aliphatic carbocycles. The third kappa shape index (κ3) is 3.84. The first kappa shape index (κ1) is 16.5. The summed E-state index contributed by atoms with van der Waals surface area (Å²) in [6, 6.07) is 0.0684. The molecule has 2 heterocycles. The van der Waals surface area contributed by atoms with E-state index in [9.17, 15) is 8.42 Å². The number of sulfonamides is 1. The van der Waals surface area contributed by atoms with Crippen LogP contribution in [0.4, 0.5) is 0 Å². The highest BCUT2D eigenvalue weighted by Crippen LogP contribution is 2.27. The molecule has 1 aromatic rings. The Kier molecular flexibility index (Phi) is 5.40. The van der Waals surface area contributed by atoms with Crippen LogP contribution in [-0.4, -0.2) is 48.7 Å². The first-order valence-electron chi connectivity index (χ1n) is 7.64. The van der Waals surface area contributed by atoms with Crippen molar-refractivity contribution in [1.29, 1.82) is 0 Å². The van der Waals surface area contributed by atoms with Crippen LogP contribution in [0.3, 0.4) is 0 Å². The van der Waals surface area contributed by atoms with Gasteiger partial charge in [-0.2, -0.15) is 9.40 Å². The minimum absolute atomic E-state index is 0.0684. The lowest BCUT2D eigenvalue weighted by atomic mass is 9.97. The van der Waals surface area contributed by atoms with E-state index in [1.165, 1.54) is 6.20 Å². The van der Waals surface area contributed by atoms with E-state index in [2.05, 4.69) is 17.3 Å². The lowest BCUT2D eigenvalue weighted by Gasteiger charge is -2.35. The van der Waals surface area contributed by atoms with Gasteiger partial charge in [0.1, 0.15) is 4.90 Å². The summed E-state index contributed by atoms with van der Waals surface area (Å²) in [6.45, 7) is 6.32. The molecule has 1 fully saturated rings. The van der Waals surface area contributed by atoms with E-state index in [1.54, 1.807) is 15.2 Å². The number of aromatic nitrogens is 2. The van der Waals surface area contributed by atoms with Crippen molar-refractivity contribution in [3.8, 4) is 0 Å². The maximum absolute atomic E-state index is 12.7. The fraction of sp³-hybridized carbons (Fsp3) is 0.786. The molecule has 1 aromatic heterocycles. The summed E-state index contributed by atoms with van der Waals surface area (Å²) in [4.78, 5) is 0.313. The molecule has 1 N–H and O–H groups in total. The number of aryl methyl sites for hydroxylation is 1. The molecule has 0 aromatic carbocycles. The van der Waals surface area contributed by atoms with Crippen molar-refractivity contribution in [2.75, 3.05) is 20.1 Å². The highest BCUT2D eigenvalue weighted by Gasteiger charge is 2.34. The second kappa shape index (κ2) is 6.89. The Morgan fingerprint density at radius 1 is 1.38 bits per heavy atom. The van der Waals surface area contributed by atoms with Gasteiger partial charge in [0.15, 0.2) is 0 Å². The van der Waals surface area contributed by atoms with Gasteiger partial charge in [-0.1, -0.05) is 6.92 Å². The predicted octanol–water partition coefficient (Wildman–Crippen LogP) is 1.30. The second-order valence-electron chi connectivity index (χ2n) is 6.00. The summed E-state index contributed by atoms with van der Waals surface area (Å²) in [5.74, 6) is 0.418. The van der Waals surface area contributed by atoms with Gasteiger partial charge in [-0.3, -0.25) is 4.68 Å². The molecule has 0 saturated carbocycles. The standard InChI is InChI=1S/C14H26N4O2S/c1-12-5-6-13(2)18(10-12)21(19,20)14-9-16-17(11-14)8-4-7-15-3/h9,11-13,15H,4-8,10H2,1-3H3. The second-order valence-corrected chi connectivity index (χ2v) is 7.89. The van der Waals surface area contributed by atoms with Gasteiger partial charge in [-0.05, 0) is 45.7 Å². The van der Waals surface area contributed by atoms with Crippen LogP contribution in [0.25, 0.3) is 0 Å². The fourth-order valence-corrected chi connectivity index (χ4v) is 4.47. The molecule has 0 amide bonds. The molecule has 0 bridgehead atoms. The minimum Gasteiger partial charge on any atom is -0.320 e.